The molecule has 0 spiro atoms. The molecule has 3 aromatic heterocycles. The second kappa shape index (κ2) is 9.30. The lowest BCUT2D eigenvalue weighted by atomic mass is 10.1. The van der Waals surface area contributed by atoms with Gasteiger partial charge in [-0.2, -0.15) is 5.10 Å². The van der Waals surface area contributed by atoms with Crippen molar-refractivity contribution in [2.75, 3.05) is 14.2 Å². The highest BCUT2D eigenvalue weighted by Crippen LogP contribution is 2.35. The molecule has 0 bridgehead atoms. The lowest BCUT2D eigenvalue weighted by Crippen LogP contribution is -2.28. The Bertz CT molecular complexity index is 1490. The number of carbonyl (C=O) groups is 1. The van der Waals surface area contributed by atoms with Crippen LogP contribution in [0.3, 0.4) is 0 Å². The Morgan fingerprint density at radius 3 is 2.54 bits per heavy atom. The van der Waals surface area contributed by atoms with Crippen molar-refractivity contribution in [3.8, 4) is 28.4 Å². The van der Waals surface area contributed by atoms with Gasteiger partial charge < -0.3 is 14.8 Å². The van der Waals surface area contributed by atoms with Gasteiger partial charge in [0.15, 0.2) is 11.5 Å². The fourth-order valence-corrected chi connectivity index (χ4v) is 3.95. The van der Waals surface area contributed by atoms with Crippen molar-refractivity contribution in [3.63, 3.8) is 0 Å². The smallest absolute Gasteiger partial charge is 0.255 e. The molecule has 0 aliphatic rings. The number of aromatic nitrogens is 5. The molecule has 3 heterocycles. The van der Waals surface area contributed by atoms with E-state index >= 15 is 0 Å². The number of para-hydroxylation sites is 1. The third kappa shape index (κ3) is 4.19. The molecule has 0 fully saturated rings. The van der Waals surface area contributed by atoms with Gasteiger partial charge in [0.05, 0.1) is 31.5 Å². The number of hydrogen-bond acceptors (Lipinski definition) is 6. The van der Waals surface area contributed by atoms with E-state index in [2.05, 4.69) is 15.5 Å². The van der Waals surface area contributed by atoms with Crippen LogP contribution in [0.1, 0.15) is 29.1 Å². The Balaban J connectivity index is 1.57. The molecule has 0 saturated heterocycles. The van der Waals surface area contributed by atoms with Crippen molar-refractivity contribution in [2.45, 2.75) is 13.0 Å². The average Bonchev–Trinajstić information content (AvgIpc) is 3.54. The minimum Gasteiger partial charge on any atom is -0.497 e. The summed E-state index contributed by atoms with van der Waals surface area (Å²) in [5.74, 6) is 1.54. The summed E-state index contributed by atoms with van der Waals surface area (Å²) in [7, 11) is 3.17. The van der Waals surface area contributed by atoms with Crippen LogP contribution in [0.5, 0.6) is 11.5 Å². The van der Waals surface area contributed by atoms with Gasteiger partial charge in [-0.15, -0.1) is 10.2 Å². The summed E-state index contributed by atoms with van der Waals surface area (Å²) in [5, 5.41) is 16.3. The maximum atomic E-state index is 13.6. The highest BCUT2D eigenvalue weighted by atomic mass is 16.5. The lowest BCUT2D eigenvalue weighted by molar-refractivity contribution is 0.0938. The first kappa shape index (κ1) is 22.1. The molecule has 1 atom stereocenters. The lowest BCUT2D eigenvalue weighted by Gasteiger charge is -2.13. The molecule has 9 heteroatoms. The van der Waals surface area contributed by atoms with Gasteiger partial charge in [-0.05, 0) is 49.4 Å². The predicted octanol–water partition coefficient (Wildman–Crippen LogP) is 4.09. The van der Waals surface area contributed by atoms with Crippen molar-refractivity contribution in [2.24, 2.45) is 0 Å². The first-order valence-electron chi connectivity index (χ1n) is 11.1. The van der Waals surface area contributed by atoms with Gasteiger partial charge in [0.1, 0.15) is 17.2 Å². The van der Waals surface area contributed by atoms with Gasteiger partial charge in [-0.1, -0.05) is 24.3 Å². The van der Waals surface area contributed by atoms with Gasteiger partial charge in [0.2, 0.25) is 0 Å². The van der Waals surface area contributed by atoms with Crippen LogP contribution in [0.15, 0.2) is 79.1 Å². The standard InChI is InChI=1S/C26H24N6O3/c1-17(25-29-28-23-11-7-8-14-31(23)25)27-26(33)21-16-32(18-9-5-4-6-10-18)30-24(21)20-15-19(34-2)12-13-22(20)35-3/h4-17H,1-3H3,(H,27,33). The number of nitrogens with one attached hydrogen (secondary N) is 1. The van der Waals surface area contributed by atoms with E-state index in [0.29, 0.717) is 39.8 Å². The molecular formula is C26H24N6O3. The number of hydrogen-bond donors (Lipinski definition) is 1. The van der Waals surface area contributed by atoms with Crippen molar-refractivity contribution < 1.29 is 14.3 Å². The Labute approximate surface area is 201 Å². The van der Waals surface area contributed by atoms with E-state index in [1.54, 1.807) is 37.2 Å². The number of fused-ring (bicyclic) bond motifs is 1. The van der Waals surface area contributed by atoms with Crippen LogP contribution in [0.25, 0.3) is 22.6 Å². The minimum absolute atomic E-state index is 0.299. The molecule has 1 amide bonds. The molecule has 0 saturated carbocycles. The van der Waals surface area contributed by atoms with E-state index in [4.69, 9.17) is 14.6 Å². The first-order valence-corrected chi connectivity index (χ1v) is 11.1. The van der Waals surface area contributed by atoms with Crippen LogP contribution in [-0.4, -0.2) is 44.5 Å². The highest BCUT2D eigenvalue weighted by molar-refractivity contribution is 6.00. The summed E-state index contributed by atoms with van der Waals surface area (Å²) in [4.78, 5) is 13.6. The summed E-state index contributed by atoms with van der Waals surface area (Å²) in [5.41, 5.74) is 3.04. The fourth-order valence-electron chi connectivity index (χ4n) is 3.95. The Morgan fingerprint density at radius 1 is 0.971 bits per heavy atom. The quantitative estimate of drug-likeness (QED) is 0.387. The number of ether oxygens (including phenoxy) is 2. The summed E-state index contributed by atoms with van der Waals surface area (Å²) in [6, 6.07) is 20.3. The van der Waals surface area contributed by atoms with Crippen LogP contribution in [-0.2, 0) is 0 Å². The van der Waals surface area contributed by atoms with Gasteiger partial charge >= 0.3 is 0 Å². The first-order chi connectivity index (χ1) is 17.1. The summed E-state index contributed by atoms with van der Waals surface area (Å²) >= 11 is 0. The van der Waals surface area contributed by atoms with E-state index in [1.165, 1.54) is 0 Å². The number of nitrogens with zero attached hydrogens (tertiary/aromatic N) is 5. The average molecular weight is 469 g/mol. The van der Waals surface area contributed by atoms with Gasteiger partial charge in [0, 0.05) is 18.0 Å². The third-order valence-electron chi connectivity index (χ3n) is 5.72. The summed E-state index contributed by atoms with van der Waals surface area (Å²) in [6.07, 6.45) is 3.58. The molecule has 5 rings (SSSR count). The topological polar surface area (TPSA) is 95.6 Å². The van der Waals surface area contributed by atoms with Crippen LogP contribution < -0.4 is 14.8 Å². The number of pyridine rings is 1. The number of rotatable bonds is 7. The van der Waals surface area contributed by atoms with Gasteiger partial charge in [-0.25, -0.2) is 4.68 Å². The normalized spacial score (nSPS) is 11.9. The maximum absolute atomic E-state index is 13.6. The van der Waals surface area contributed by atoms with Crippen LogP contribution in [0, 0.1) is 0 Å². The molecule has 35 heavy (non-hydrogen) atoms. The molecular weight excluding hydrogens is 444 g/mol. The van der Waals surface area contributed by atoms with Crippen molar-refractivity contribution in [1.82, 2.24) is 29.7 Å². The van der Waals surface area contributed by atoms with E-state index in [9.17, 15) is 4.79 Å². The summed E-state index contributed by atoms with van der Waals surface area (Å²) < 4.78 is 14.5. The molecule has 1 N–H and O–H groups in total. The molecule has 9 nitrogen and oxygen atoms in total. The molecule has 0 aliphatic carbocycles. The predicted molar refractivity (Wildman–Crippen MR) is 131 cm³/mol. The van der Waals surface area contributed by atoms with Gasteiger partial charge in [0.25, 0.3) is 5.91 Å². The third-order valence-corrected chi connectivity index (χ3v) is 5.72. The molecule has 1 unspecified atom stereocenters. The van der Waals surface area contributed by atoms with E-state index in [0.717, 1.165) is 5.69 Å². The monoisotopic (exact) mass is 468 g/mol. The molecule has 5 aromatic rings. The van der Waals surface area contributed by atoms with E-state index < -0.39 is 6.04 Å². The molecule has 0 radical (unpaired) electrons. The zero-order valence-electron chi connectivity index (χ0n) is 19.5. The van der Waals surface area contributed by atoms with Crippen molar-refractivity contribution >= 4 is 11.6 Å². The van der Waals surface area contributed by atoms with E-state index in [-0.39, 0.29) is 5.91 Å². The Morgan fingerprint density at radius 2 is 1.77 bits per heavy atom. The SMILES string of the molecule is COc1ccc(OC)c(-c2nn(-c3ccccc3)cc2C(=O)NC(C)c2nnc3ccccn23)c1. The van der Waals surface area contributed by atoms with Gasteiger partial charge in [-0.3, -0.25) is 9.20 Å². The van der Waals surface area contributed by atoms with Crippen LogP contribution in [0.2, 0.25) is 0 Å². The minimum atomic E-state index is -0.403. The number of benzene rings is 2. The Hall–Kier alpha value is -4.66. The number of carbonyl (C=O) groups excluding carboxylic acids is 1. The van der Waals surface area contributed by atoms with Crippen LogP contribution in [0.4, 0.5) is 0 Å². The Kier molecular flexibility index (Phi) is 5.88. The second-order valence-corrected chi connectivity index (χ2v) is 7.92. The molecule has 2 aromatic carbocycles. The number of amides is 1. The fraction of sp³-hybridized carbons (Fsp3) is 0.154. The van der Waals surface area contributed by atoms with Crippen LogP contribution >= 0.6 is 0 Å². The molecule has 176 valence electrons. The molecule has 0 aliphatic heterocycles. The zero-order chi connectivity index (χ0) is 24.4. The van der Waals surface area contributed by atoms with Crippen molar-refractivity contribution in [1.29, 1.82) is 0 Å². The van der Waals surface area contributed by atoms with E-state index in [1.807, 2.05) is 72.1 Å². The zero-order valence-corrected chi connectivity index (χ0v) is 19.5. The highest BCUT2D eigenvalue weighted by Gasteiger charge is 2.24. The second-order valence-electron chi connectivity index (χ2n) is 7.92. The maximum Gasteiger partial charge on any atom is 0.255 e. The number of methoxy groups -OCH3 is 2. The largest absolute Gasteiger partial charge is 0.497 e. The van der Waals surface area contributed by atoms with Crippen molar-refractivity contribution in [3.05, 3.63) is 90.5 Å². The summed E-state index contributed by atoms with van der Waals surface area (Å²) in [6.45, 7) is 1.87.